The summed E-state index contributed by atoms with van der Waals surface area (Å²) < 4.78 is 27.0. The molecule has 2 rings (SSSR count). The highest BCUT2D eigenvalue weighted by Gasteiger charge is 2.14. The van der Waals surface area contributed by atoms with Crippen LogP contribution in [-0.2, 0) is 10.0 Å². The van der Waals surface area contributed by atoms with Crippen LogP contribution in [0.15, 0.2) is 53.4 Å². The lowest BCUT2D eigenvalue weighted by Crippen LogP contribution is -2.24. The average Bonchev–Trinajstić information content (AvgIpc) is 2.54. The normalized spacial score (nSPS) is 10.4. The first-order valence-corrected chi connectivity index (χ1v) is 8.05. The maximum Gasteiger partial charge on any atom is 0.318 e. The molecule has 8 heteroatoms. The van der Waals surface area contributed by atoms with E-state index in [1.54, 1.807) is 18.2 Å². The zero-order valence-corrected chi connectivity index (χ0v) is 13.0. The van der Waals surface area contributed by atoms with Gasteiger partial charge < -0.3 is 10.6 Å². The number of carbonyl (C=O) groups excluding carboxylic acids is 1. The number of rotatable bonds is 4. The molecule has 0 bridgehead atoms. The van der Waals surface area contributed by atoms with Crippen LogP contribution in [0.3, 0.4) is 0 Å². The minimum atomic E-state index is -3.78. The number of hydrogen-bond donors (Lipinski definition) is 3. The van der Waals surface area contributed by atoms with Crippen LogP contribution in [0.5, 0.6) is 0 Å². The largest absolute Gasteiger partial charge is 0.341 e. The van der Waals surface area contributed by atoms with Crippen molar-refractivity contribution in [3.63, 3.8) is 0 Å². The minimum Gasteiger partial charge on any atom is -0.341 e. The first-order chi connectivity index (χ1) is 10.9. The summed E-state index contributed by atoms with van der Waals surface area (Å²) in [5.74, 6) is 0. The summed E-state index contributed by atoms with van der Waals surface area (Å²) in [7, 11) is -2.30. The molecule has 0 aliphatic rings. The van der Waals surface area contributed by atoms with Crippen LogP contribution in [0, 0.1) is 11.3 Å². The summed E-state index contributed by atoms with van der Waals surface area (Å²) in [6.07, 6.45) is 0. The Labute approximate surface area is 134 Å². The van der Waals surface area contributed by atoms with Crippen molar-refractivity contribution in [3.05, 3.63) is 54.1 Å². The zero-order chi connectivity index (χ0) is 16.9. The van der Waals surface area contributed by atoms with Gasteiger partial charge in [0.2, 0.25) is 0 Å². The fourth-order valence-electron chi connectivity index (χ4n) is 1.78. The molecular weight excluding hydrogens is 316 g/mol. The zero-order valence-electron chi connectivity index (χ0n) is 12.2. The molecule has 0 fully saturated rings. The Kier molecular flexibility index (Phi) is 4.83. The maximum atomic E-state index is 12.3. The molecule has 0 aliphatic heterocycles. The third-order valence-electron chi connectivity index (χ3n) is 2.89. The van der Waals surface area contributed by atoms with Crippen LogP contribution >= 0.6 is 0 Å². The van der Waals surface area contributed by atoms with E-state index in [1.165, 1.54) is 37.4 Å². The number of nitrogens with one attached hydrogen (secondary N) is 3. The summed E-state index contributed by atoms with van der Waals surface area (Å²) in [6.45, 7) is 0. The standard InChI is InChI=1S/C15H14N4O3S/c1-17-15(20)18-12-3-2-4-13(9-12)19-23(21,22)14-7-5-11(10-16)6-8-14/h2-9,19H,1H3,(H2,17,18,20). The van der Waals surface area contributed by atoms with E-state index in [1.807, 2.05) is 6.07 Å². The maximum absolute atomic E-state index is 12.3. The van der Waals surface area contributed by atoms with Crippen molar-refractivity contribution < 1.29 is 13.2 Å². The van der Waals surface area contributed by atoms with Crippen molar-refractivity contribution in [2.24, 2.45) is 0 Å². The van der Waals surface area contributed by atoms with Gasteiger partial charge in [-0.05, 0) is 42.5 Å². The predicted molar refractivity (Wildman–Crippen MR) is 86.5 cm³/mol. The number of sulfonamides is 1. The molecule has 0 aliphatic carbocycles. The van der Waals surface area contributed by atoms with E-state index in [0.29, 0.717) is 16.9 Å². The SMILES string of the molecule is CNC(=O)Nc1cccc(NS(=O)(=O)c2ccc(C#N)cc2)c1. The van der Waals surface area contributed by atoms with E-state index in [9.17, 15) is 13.2 Å². The summed E-state index contributed by atoms with van der Waals surface area (Å²) in [4.78, 5) is 11.3. The summed E-state index contributed by atoms with van der Waals surface area (Å²) in [5.41, 5.74) is 1.13. The molecule has 2 aromatic carbocycles. The molecule has 0 aromatic heterocycles. The number of amides is 2. The molecule has 0 atom stereocenters. The Morgan fingerprint density at radius 1 is 1.09 bits per heavy atom. The van der Waals surface area contributed by atoms with Gasteiger partial charge in [-0.1, -0.05) is 6.07 Å². The van der Waals surface area contributed by atoms with Crippen molar-refractivity contribution in [3.8, 4) is 6.07 Å². The first kappa shape index (κ1) is 16.3. The summed E-state index contributed by atoms with van der Waals surface area (Å²) >= 11 is 0. The van der Waals surface area contributed by atoms with Crippen LogP contribution < -0.4 is 15.4 Å². The lowest BCUT2D eigenvalue weighted by atomic mass is 10.2. The Morgan fingerprint density at radius 2 is 1.74 bits per heavy atom. The number of hydrogen-bond acceptors (Lipinski definition) is 4. The Balaban J connectivity index is 2.21. The van der Waals surface area contributed by atoms with E-state index in [-0.39, 0.29) is 4.90 Å². The van der Waals surface area contributed by atoms with Crippen molar-refractivity contribution in [1.82, 2.24) is 5.32 Å². The Bertz CT molecular complexity index is 855. The molecule has 2 amide bonds. The van der Waals surface area contributed by atoms with Gasteiger partial charge in [0.25, 0.3) is 10.0 Å². The highest BCUT2D eigenvalue weighted by atomic mass is 32.2. The van der Waals surface area contributed by atoms with Gasteiger partial charge in [0.1, 0.15) is 0 Å². The third-order valence-corrected chi connectivity index (χ3v) is 4.29. The molecule has 0 spiro atoms. The van der Waals surface area contributed by atoms with Gasteiger partial charge in [-0.15, -0.1) is 0 Å². The molecule has 0 radical (unpaired) electrons. The van der Waals surface area contributed by atoms with Crippen LogP contribution in [0.25, 0.3) is 0 Å². The monoisotopic (exact) mass is 330 g/mol. The summed E-state index contributed by atoms with van der Waals surface area (Å²) in [6, 6.07) is 13.4. The fraction of sp³-hybridized carbons (Fsp3) is 0.0667. The highest BCUT2D eigenvalue weighted by molar-refractivity contribution is 7.92. The van der Waals surface area contributed by atoms with Crippen molar-refractivity contribution in [2.45, 2.75) is 4.90 Å². The lowest BCUT2D eigenvalue weighted by molar-refractivity contribution is 0.254. The molecule has 0 saturated carbocycles. The second-order valence-electron chi connectivity index (χ2n) is 4.53. The van der Waals surface area contributed by atoms with E-state index < -0.39 is 16.1 Å². The number of nitrogens with zero attached hydrogens (tertiary/aromatic N) is 1. The van der Waals surface area contributed by atoms with Crippen LogP contribution in [-0.4, -0.2) is 21.5 Å². The molecule has 0 unspecified atom stereocenters. The van der Waals surface area contributed by atoms with Crippen LogP contribution in [0.2, 0.25) is 0 Å². The van der Waals surface area contributed by atoms with Gasteiger partial charge in [-0.25, -0.2) is 13.2 Å². The lowest BCUT2D eigenvalue weighted by Gasteiger charge is -2.10. The second kappa shape index (κ2) is 6.81. The van der Waals surface area contributed by atoms with Gasteiger partial charge >= 0.3 is 6.03 Å². The molecular formula is C15H14N4O3S. The van der Waals surface area contributed by atoms with Gasteiger partial charge in [0.05, 0.1) is 22.2 Å². The number of benzene rings is 2. The van der Waals surface area contributed by atoms with Gasteiger partial charge in [-0.2, -0.15) is 5.26 Å². The minimum absolute atomic E-state index is 0.0427. The Hall–Kier alpha value is -3.05. The number of nitriles is 1. The topological polar surface area (TPSA) is 111 Å². The van der Waals surface area contributed by atoms with E-state index in [2.05, 4.69) is 15.4 Å². The van der Waals surface area contributed by atoms with Crippen molar-refractivity contribution in [1.29, 1.82) is 5.26 Å². The molecule has 0 saturated heterocycles. The Morgan fingerprint density at radius 3 is 2.35 bits per heavy atom. The van der Waals surface area contributed by atoms with Crippen molar-refractivity contribution >= 4 is 27.4 Å². The second-order valence-corrected chi connectivity index (χ2v) is 6.21. The third kappa shape index (κ3) is 4.21. The molecule has 7 nitrogen and oxygen atoms in total. The number of urea groups is 1. The molecule has 23 heavy (non-hydrogen) atoms. The van der Waals surface area contributed by atoms with Gasteiger partial charge in [-0.3, -0.25) is 4.72 Å². The first-order valence-electron chi connectivity index (χ1n) is 6.56. The van der Waals surface area contributed by atoms with E-state index in [4.69, 9.17) is 5.26 Å². The smallest absolute Gasteiger partial charge is 0.318 e. The quantitative estimate of drug-likeness (QED) is 0.797. The van der Waals surface area contributed by atoms with Crippen LogP contribution in [0.4, 0.5) is 16.2 Å². The molecule has 118 valence electrons. The number of anilines is 2. The molecule has 2 aromatic rings. The summed E-state index contributed by atoms with van der Waals surface area (Å²) in [5, 5.41) is 13.7. The fourth-order valence-corrected chi connectivity index (χ4v) is 2.83. The number of carbonyl (C=O) groups is 1. The van der Waals surface area contributed by atoms with Crippen LogP contribution in [0.1, 0.15) is 5.56 Å². The van der Waals surface area contributed by atoms with E-state index in [0.717, 1.165) is 0 Å². The van der Waals surface area contributed by atoms with E-state index >= 15 is 0 Å². The van der Waals surface area contributed by atoms with Gasteiger partial charge in [0, 0.05) is 12.7 Å². The average molecular weight is 330 g/mol. The van der Waals surface area contributed by atoms with Crippen molar-refractivity contribution in [2.75, 3.05) is 17.1 Å². The highest BCUT2D eigenvalue weighted by Crippen LogP contribution is 2.19. The molecule has 0 heterocycles. The predicted octanol–water partition coefficient (Wildman–Crippen LogP) is 2.11. The van der Waals surface area contributed by atoms with Gasteiger partial charge in [0.15, 0.2) is 0 Å². The molecule has 3 N–H and O–H groups in total.